The van der Waals surface area contributed by atoms with Crippen molar-refractivity contribution in [1.82, 2.24) is 10.6 Å². The Morgan fingerprint density at radius 3 is 2.72 bits per heavy atom. The fourth-order valence-electron chi connectivity index (χ4n) is 3.03. The summed E-state index contributed by atoms with van der Waals surface area (Å²) in [4.78, 5) is 4.47. The minimum absolute atomic E-state index is 0.341. The Labute approximate surface area is 109 Å². The standard InChI is InChI=1S/C15H21N3/c1-15(12-6-3-2-4-7-12)10-13(11-15)18-14-16-8-5-9-17-14/h2-4,6-7,13H,5,8-11H2,1H3,(H2,16,17,18). The molecule has 0 aromatic heterocycles. The van der Waals surface area contributed by atoms with Crippen LogP contribution in [0.4, 0.5) is 0 Å². The summed E-state index contributed by atoms with van der Waals surface area (Å²) < 4.78 is 0. The van der Waals surface area contributed by atoms with Crippen LogP contribution in [-0.2, 0) is 5.41 Å². The van der Waals surface area contributed by atoms with Gasteiger partial charge in [-0.2, -0.15) is 0 Å². The first-order valence-electron chi connectivity index (χ1n) is 6.87. The van der Waals surface area contributed by atoms with Gasteiger partial charge in [0, 0.05) is 19.1 Å². The van der Waals surface area contributed by atoms with Crippen LogP contribution in [0.5, 0.6) is 0 Å². The van der Waals surface area contributed by atoms with Gasteiger partial charge in [0.1, 0.15) is 0 Å². The molecule has 1 fully saturated rings. The van der Waals surface area contributed by atoms with E-state index in [0.29, 0.717) is 11.5 Å². The van der Waals surface area contributed by atoms with E-state index < -0.39 is 0 Å². The SMILES string of the molecule is CC1(c2ccccc2)CC(NC2=NCCCN2)C1. The Morgan fingerprint density at radius 1 is 1.28 bits per heavy atom. The van der Waals surface area contributed by atoms with Crippen LogP contribution in [0.3, 0.4) is 0 Å². The maximum absolute atomic E-state index is 4.47. The summed E-state index contributed by atoms with van der Waals surface area (Å²) in [6.45, 7) is 4.36. The Hall–Kier alpha value is -1.51. The highest BCUT2D eigenvalue weighted by Gasteiger charge is 2.41. The molecule has 3 heteroatoms. The van der Waals surface area contributed by atoms with Crippen molar-refractivity contribution in [1.29, 1.82) is 0 Å². The van der Waals surface area contributed by atoms with Gasteiger partial charge in [-0.05, 0) is 30.2 Å². The van der Waals surface area contributed by atoms with E-state index in [4.69, 9.17) is 0 Å². The lowest BCUT2D eigenvalue weighted by Crippen LogP contribution is -2.55. The maximum atomic E-state index is 4.47. The van der Waals surface area contributed by atoms with Gasteiger partial charge in [0.25, 0.3) is 0 Å². The predicted molar refractivity (Wildman–Crippen MR) is 74.9 cm³/mol. The Balaban J connectivity index is 1.58. The van der Waals surface area contributed by atoms with E-state index >= 15 is 0 Å². The van der Waals surface area contributed by atoms with Gasteiger partial charge in [0.05, 0.1) is 0 Å². The first-order chi connectivity index (χ1) is 8.76. The van der Waals surface area contributed by atoms with Crippen molar-refractivity contribution in [2.45, 2.75) is 37.6 Å². The van der Waals surface area contributed by atoms with Crippen molar-refractivity contribution < 1.29 is 0 Å². The molecule has 1 aromatic rings. The third kappa shape index (κ3) is 2.22. The number of aliphatic imine (C=N–C) groups is 1. The summed E-state index contributed by atoms with van der Waals surface area (Å²) in [5, 5.41) is 6.84. The van der Waals surface area contributed by atoms with E-state index in [0.717, 1.165) is 25.5 Å². The van der Waals surface area contributed by atoms with E-state index in [1.54, 1.807) is 0 Å². The second-order valence-corrected chi connectivity index (χ2v) is 5.69. The molecule has 96 valence electrons. The molecule has 0 spiro atoms. The lowest BCUT2D eigenvalue weighted by Gasteiger charge is -2.46. The van der Waals surface area contributed by atoms with Crippen molar-refractivity contribution in [3.8, 4) is 0 Å². The summed E-state index contributed by atoms with van der Waals surface area (Å²) >= 11 is 0. The van der Waals surface area contributed by atoms with Gasteiger partial charge in [-0.1, -0.05) is 37.3 Å². The van der Waals surface area contributed by atoms with Crippen molar-refractivity contribution >= 4 is 5.96 Å². The van der Waals surface area contributed by atoms with Gasteiger partial charge in [-0.15, -0.1) is 0 Å². The molecule has 3 nitrogen and oxygen atoms in total. The monoisotopic (exact) mass is 243 g/mol. The van der Waals surface area contributed by atoms with E-state index in [1.165, 1.54) is 18.4 Å². The van der Waals surface area contributed by atoms with Crippen molar-refractivity contribution in [2.24, 2.45) is 4.99 Å². The van der Waals surface area contributed by atoms with Gasteiger partial charge in [0.15, 0.2) is 5.96 Å². The quantitative estimate of drug-likeness (QED) is 0.834. The number of nitrogens with one attached hydrogen (secondary N) is 2. The van der Waals surface area contributed by atoms with Crippen molar-refractivity contribution in [3.63, 3.8) is 0 Å². The summed E-state index contributed by atoms with van der Waals surface area (Å²) in [6, 6.07) is 11.4. The predicted octanol–water partition coefficient (Wildman–Crippen LogP) is 2.05. The average molecular weight is 243 g/mol. The number of hydrogen-bond acceptors (Lipinski definition) is 3. The average Bonchev–Trinajstić information content (AvgIpc) is 2.39. The van der Waals surface area contributed by atoms with Gasteiger partial charge in [0.2, 0.25) is 0 Å². The maximum Gasteiger partial charge on any atom is 0.191 e. The van der Waals surface area contributed by atoms with E-state index in [9.17, 15) is 0 Å². The second-order valence-electron chi connectivity index (χ2n) is 5.69. The fourth-order valence-corrected chi connectivity index (χ4v) is 3.03. The van der Waals surface area contributed by atoms with Crippen LogP contribution in [-0.4, -0.2) is 25.1 Å². The lowest BCUT2D eigenvalue weighted by atomic mass is 9.63. The molecular weight excluding hydrogens is 222 g/mol. The zero-order valence-electron chi connectivity index (χ0n) is 10.9. The molecule has 3 rings (SSSR count). The smallest absolute Gasteiger partial charge is 0.191 e. The van der Waals surface area contributed by atoms with E-state index in [-0.39, 0.29) is 0 Å². The third-order valence-corrected chi connectivity index (χ3v) is 4.10. The summed E-state index contributed by atoms with van der Waals surface area (Å²) in [5.74, 6) is 1.00. The molecule has 1 aliphatic carbocycles. The van der Waals surface area contributed by atoms with Crippen LogP contribution in [0.2, 0.25) is 0 Å². The fraction of sp³-hybridized carbons (Fsp3) is 0.533. The minimum Gasteiger partial charge on any atom is -0.356 e. The Kier molecular flexibility index (Phi) is 2.98. The van der Waals surface area contributed by atoms with Gasteiger partial charge in [-0.3, -0.25) is 4.99 Å². The number of rotatable bonds is 2. The first-order valence-corrected chi connectivity index (χ1v) is 6.87. The zero-order valence-corrected chi connectivity index (χ0v) is 10.9. The van der Waals surface area contributed by atoms with Crippen LogP contribution in [0, 0.1) is 0 Å². The Bertz CT molecular complexity index is 432. The summed E-state index contributed by atoms with van der Waals surface area (Å²) in [7, 11) is 0. The normalized spacial score (nSPS) is 30.9. The highest BCUT2D eigenvalue weighted by atomic mass is 15.2. The van der Waals surface area contributed by atoms with Crippen molar-refractivity contribution in [2.75, 3.05) is 13.1 Å². The van der Waals surface area contributed by atoms with Crippen LogP contribution in [0.1, 0.15) is 31.7 Å². The summed E-state index contributed by atoms with van der Waals surface area (Å²) in [6.07, 6.45) is 3.53. The van der Waals surface area contributed by atoms with Gasteiger partial charge >= 0.3 is 0 Å². The highest BCUT2D eigenvalue weighted by molar-refractivity contribution is 5.80. The first kappa shape index (κ1) is 11.6. The molecule has 0 saturated heterocycles. The van der Waals surface area contributed by atoms with Crippen LogP contribution in [0.15, 0.2) is 35.3 Å². The van der Waals surface area contributed by atoms with Gasteiger partial charge in [-0.25, -0.2) is 0 Å². The molecule has 1 saturated carbocycles. The Morgan fingerprint density at radius 2 is 2.06 bits per heavy atom. The molecule has 0 radical (unpaired) electrons. The number of nitrogens with zero attached hydrogens (tertiary/aromatic N) is 1. The molecule has 1 heterocycles. The molecule has 0 unspecified atom stereocenters. The molecule has 1 aliphatic heterocycles. The molecule has 0 atom stereocenters. The lowest BCUT2D eigenvalue weighted by molar-refractivity contribution is 0.208. The summed E-state index contributed by atoms with van der Waals surface area (Å²) in [5.41, 5.74) is 1.80. The molecule has 1 aromatic carbocycles. The largest absolute Gasteiger partial charge is 0.356 e. The molecule has 2 aliphatic rings. The van der Waals surface area contributed by atoms with E-state index in [1.807, 2.05) is 0 Å². The minimum atomic E-state index is 0.341. The third-order valence-electron chi connectivity index (χ3n) is 4.10. The number of benzene rings is 1. The van der Waals surface area contributed by atoms with Crippen LogP contribution in [0.25, 0.3) is 0 Å². The molecular formula is C15H21N3. The molecule has 2 N–H and O–H groups in total. The topological polar surface area (TPSA) is 36.4 Å². The molecule has 0 amide bonds. The second kappa shape index (κ2) is 4.63. The van der Waals surface area contributed by atoms with Crippen LogP contribution < -0.4 is 10.6 Å². The van der Waals surface area contributed by atoms with Crippen molar-refractivity contribution in [3.05, 3.63) is 35.9 Å². The number of guanidine groups is 1. The van der Waals surface area contributed by atoms with E-state index in [2.05, 4.69) is 52.9 Å². The number of hydrogen-bond donors (Lipinski definition) is 2. The zero-order chi connectivity index (χ0) is 12.4. The molecule has 0 bridgehead atoms. The molecule has 18 heavy (non-hydrogen) atoms. The van der Waals surface area contributed by atoms with Crippen LogP contribution >= 0.6 is 0 Å². The highest BCUT2D eigenvalue weighted by Crippen LogP contribution is 2.43. The van der Waals surface area contributed by atoms with Gasteiger partial charge < -0.3 is 10.6 Å².